The van der Waals surface area contributed by atoms with Gasteiger partial charge in [0.1, 0.15) is 0 Å². The number of carbonyl (C=O) groups is 2. The Hall–Kier alpha value is -1.30. The Kier molecular flexibility index (Phi) is 10.4. The van der Waals surface area contributed by atoms with Crippen molar-refractivity contribution in [3.63, 3.8) is 0 Å². The Labute approximate surface area is 140 Å². The van der Waals surface area contributed by atoms with E-state index in [9.17, 15) is 9.59 Å². The van der Waals surface area contributed by atoms with Gasteiger partial charge in [0.25, 0.3) is 0 Å². The predicted molar refractivity (Wildman–Crippen MR) is 90.9 cm³/mol. The SMILES string of the molecule is CCCCCCCC(=O)N1CCCC[C@H]1OC(=O)NCCCN. The second-order valence-electron chi connectivity index (χ2n) is 6.18. The molecule has 0 saturated carbocycles. The number of rotatable bonds is 10. The minimum absolute atomic E-state index is 0.112. The molecule has 0 aromatic rings. The van der Waals surface area contributed by atoms with Crippen molar-refractivity contribution in [1.82, 2.24) is 10.2 Å². The quantitative estimate of drug-likeness (QED) is 0.604. The van der Waals surface area contributed by atoms with Crippen molar-refractivity contribution in [2.24, 2.45) is 5.73 Å². The third-order valence-corrected chi connectivity index (χ3v) is 4.16. The molecule has 1 aliphatic heterocycles. The molecule has 0 aromatic carbocycles. The van der Waals surface area contributed by atoms with Crippen molar-refractivity contribution in [3.8, 4) is 0 Å². The Morgan fingerprint density at radius 2 is 1.96 bits per heavy atom. The molecule has 0 spiro atoms. The fourth-order valence-corrected chi connectivity index (χ4v) is 2.79. The van der Waals surface area contributed by atoms with Gasteiger partial charge in [-0.1, -0.05) is 32.6 Å². The first kappa shape index (κ1) is 19.7. The average molecular weight is 327 g/mol. The summed E-state index contributed by atoms with van der Waals surface area (Å²) < 4.78 is 5.43. The van der Waals surface area contributed by atoms with Crippen LogP contribution in [-0.2, 0) is 9.53 Å². The number of hydrogen-bond acceptors (Lipinski definition) is 4. The third kappa shape index (κ3) is 8.21. The summed E-state index contributed by atoms with van der Waals surface area (Å²) in [6.07, 6.45) is 8.75. The first-order valence-corrected chi connectivity index (χ1v) is 9.13. The van der Waals surface area contributed by atoms with E-state index in [1.165, 1.54) is 19.3 Å². The smallest absolute Gasteiger partial charge is 0.409 e. The summed E-state index contributed by atoms with van der Waals surface area (Å²) >= 11 is 0. The lowest BCUT2D eigenvalue weighted by molar-refractivity contribution is -0.144. The van der Waals surface area contributed by atoms with E-state index in [4.69, 9.17) is 10.5 Å². The summed E-state index contributed by atoms with van der Waals surface area (Å²) in [6.45, 7) is 3.91. The van der Waals surface area contributed by atoms with E-state index in [2.05, 4.69) is 12.2 Å². The zero-order valence-electron chi connectivity index (χ0n) is 14.5. The number of alkyl carbamates (subject to hydrolysis) is 1. The maximum Gasteiger partial charge on any atom is 0.409 e. The van der Waals surface area contributed by atoms with Crippen molar-refractivity contribution in [2.45, 2.75) is 77.4 Å². The maximum absolute atomic E-state index is 12.4. The Morgan fingerprint density at radius 1 is 1.17 bits per heavy atom. The molecular weight excluding hydrogens is 294 g/mol. The summed E-state index contributed by atoms with van der Waals surface area (Å²) in [5.41, 5.74) is 5.39. The van der Waals surface area contributed by atoms with Crippen molar-refractivity contribution in [3.05, 3.63) is 0 Å². The van der Waals surface area contributed by atoms with Crippen LogP contribution in [0.15, 0.2) is 0 Å². The number of piperidine rings is 1. The van der Waals surface area contributed by atoms with Crippen LogP contribution < -0.4 is 11.1 Å². The van der Waals surface area contributed by atoms with Crippen molar-refractivity contribution in [2.75, 3.05) is 19.6 Å². The molecule has 0 radical (unpaired) electrons. The highest BCUT2D eigenvalue weighted by molar-refractivity contribution is 5.77. The normalized spacial score (nSPS) is 17.8. The number of hydrogen-bond donors (Lipinski definition) is 2. The Morgan fingerprint density at radius 3 is 2.70 bits per heavy atom. The number of ether oxygens (including phenoxy) is 1. The van der Waals surface area contributed by atoms with E-state index in [-0.39, 0.29) is 5.91 Å². The molecule has 0 aliphatic carbocycles. The van der Waals surface area contributed by atoms with Gasteiger partial charge in [0, 0.05) is 25.9 Å². The number of unbranched alkanes of at least 4 members (excludes halogenated alkanes) is 4. The maximum atomic E-state index is 12.4. The number of amides is 2. The van der Waals surface area contributed by atoms with Gasteiger partial charge in [0.05, 0.1) is 0 Å². The molecule has 1 rings (SSSR count). The van der Waals surface area contributed by atoms with Gasteiger partial charge in [-0.3, -0.25) is 4.79 Å². The molecule has 3 N–H and O–H groups in total. The van der Waals surface area contributed by atoms with E-state index in [1.54, 1.807) is 4.90 Å². The summed E-state index contributed by atoms with van der Waals surface area (Å²) in [7, 11) is 0. The number of nitrogens with zero attached hydrogens (tertiary/aromatic N) is 1. The Balaban J connectivity index is 2.34. The molecule has 134 valence electrons. The predicted octanol–water partition coefficient (Wildman–Crippen LogP) is 2.76. The van der Waals surface area contributed by atoms with Gasteiger partial charge < -0.3 is 20.7 Å². The van der Waals surface area contributed by atoms with Gasteiger partial charge in [-0.15, -0.1) is 0 Å². The van der Waals surface area contributed by atoms with Crippen LogP contribution in [0.1, 0.15) is 71.1 Å². The lowest BCUT2D eigenvalue weighted by atomic mass is 10.1. The van der Waals surface area contributed by atoms with E-state index < -0.39 is 12.3 Å². The van der Waals surface area contributed by atoms with Crippen LogP contribution in [-0.4, -0.2) is 42.8 Å². The molecule has 0 aromatic heterocycles. The number of likely N-dealkylation sites (tertiary alicyclic amines) is 1. The van der Waals surface area contributed by atoms with Gasteiger partial charge in [-0.05, 0) is 32.2 Å². The molecule has 1 heterocycles. The summed E-state index contributed by atoms with van der Waals surface area (Å²) in [6, 6.07) is 0. The van der Waals surface area contributed by atoms with Crippen molar-refractivity contribution in [1.29, 1.82) is 0 Å². The van der Waals surface area contributed by atoms with Crippen LogP contribution >= 0.6 is 0 Å². The fourth-order valence-electron chi connectivity index (χ4n) is 2.79. The van der Waals surface area contributed by atoms with E-state index >= 15 is 0 Å². The molecule has 1 atom stereocenters. The van der Waals surface area contributed by atoms with Gasteiger partial charge in [-0.25, -0.2) is 4.79 Å². The summed E-state index contributed by atoms with van der Waals surface area (Å²) in [5.74, 6) is 0.112. The first-order chi connectivity index (χ1) is 11.2. The molecular formula is C17H33N3O3. The van der Waals surface area contributed by atoms with E-state index in [0.29, 0.717) is 26.1 Å². The van der Waals surface area contributed by atoms with Gasteiger partial charge >= 0.3 is 6.09 Å². The van der Waals surface area contributed by atoms with E-state index in [0.717, 1.165) is 38.5 Å². The first-order valence-electron chi connectivity index (χ1n) is 9.13. The topological polar surface area (TPSA) is 84.7 Å². The largest absolute Gasteiger partial charge is 0.425 e. The average Bonchev–Trinajstić information content (AvgIpc) is 2.55. The molecule has 6 nitrogen and oxygen atoms in total. The third-order valence-electron chi connectivity index (χ3n) is 4.16. The zero-order valence-corrected chi connectivity index (χ0v) is 14.5. The lowest BCUT2D eigenvalue weighted by Crippen LogP contribution is -2.47. The standard InChI is InChI=1S/C17H33N3O3/c1-2-3-4-5-6-10-15(21)20-14-8-7-11-16(20)23-17(22)19-13-9-12-18/h16H,2-14,18H2,1H3,(H,19,22)/t16-/m1/s1. The fraction of sp³-hybridized carbons (Fsp3) is 0.882. The molecule has 23 heavy (non-hydrogen) atoms. The number of nitrogens with one attached hydrogen (secondary N) is 1. The van der Waals surface area contributed by atoms with Crippen LogP contribution in [0.25, 0.3) is 0 Å². The zero-order chi connectivity index (χ0) is 16.9. The highest BCUT2D eigenvalue weighted by atomic mass is 16.6. The van der Waals surface area contributed by atoms with Crippen LogP contribution in [0.2, 0.25) is 0 Å². The second-order valence-corrected chi connectivity index (χ2v) is 6.18. The van der Waals surface area contributed by atoms with Crippen LogP contribution in [0.3, 0.4) is 0 Å². The second kappa shape index (κ2) is 12.2. The lowest BCUT2D eigenvalue weighted by Gasteiger charge is -2.35. The highest BCUT2D eigenvalue weighted by Crippen LogP contribution is 2.20. The minimum Gasteiger partial charge on any atom is -0.425 e. The summed E-state index contributed by atoms with van der Waals surface area (Å²) in [4.78, 5) is 25.9. The molecule has 1 aliphatic rings. The van der Waals surface area contributed by atoms with Crippen LogP contribution in [0, 0.1) is 0 Å². The molecule has 1 fully saturated rings. The van der Waals surface area contributed by atoms with E-state index in [1.807, 2.05) is 0 Å². The number of nitrogens with two attached hydrogens (primary N) is 1. The van der Waals surface area contributed by atoms with Gasteiger partial charge in [-0.2, -0.15) is 0 Å². The van der Waals surface area contributed by atoms with Crippen molar-refractivity contribution >= 4 is 12.0 Å². The number of carbonyl (C=O) groups excluding carboxylic acids is 2. The van der Waals surface area contributed by atoms with Gasteiger partial charge in [0.2, 0.25) is 5.91 Å². The minimum atomic E-state index is -0.453. The summed E-state index contributed by atoms with van der Waals surface area (Å²) in [5, 5.41) is 2.68. The van der Waals surface area contributed by atoms with Gasteiger partial charge in [0.15, 0.2) is 6.23 Å². The highest BCUT2D eigenvalue weighted by Gasteiger charge is 2.29. The monoisotopic (exact) mass is 327 g/mol. The molecule has 1 saturated heterocycles. The Bertz CT molecular complexity index is 350. The molecule has 0 bridgehead atoms. The molecule has 2 amide bonds. The molecule has 6 heteroatoms. The molecule has 0 unspecified atom stereocenters. The van der Waals surface area contributed by atoms with Crippen LogP contribution in [0.5, 0.6) is 0 Å². The van der Waals surface area contributed by atoms with Crippen LogP contribution in [0.4, 0.5) is 4.79 Å². The van der Waals surface area contributed by atoms with Crippen molar-refractivity contribution < 1.29 is 14.3 Å².